The Balaban J connectivity index is 3.06. The molecule has 1 N–H and O–H groups in total. The highest BCUT2D eigenvalue weighted by Gasteiger charge is 2.27. The van der Waals surface area contributed by atoms with Crippen LogP contribution in [0.15, 0.2) is 28.2 Å². The fraction of sp³-hybridized carbons (Fsp3) is 0.455. The van der Waals surface area contributed by atoms with Crippen LogP contribution >= 0.6 is 0 Å². The van der Waals surface area contributed by atoms with Gasteiger partial charge in [-0.3, -0.25) is 0 Å². The van der Waals surface area contributed by atoms with Crippen LogP contribution in [0.4, 0.5) is 0 Å². The number of carbonyl (C=O) groups excluding carboxylic acids is 1. The van der Waals surface area contributed by atoms with Crippen molar-refractivity contribution in [2.75, 3.05) is 20.7 Å². The van der Waals surface area contributed by atoms with Crippen molar-refractivity contribution in [1.29, 1.82) is 0 Å². The number of ether oxygens (including phenoxy) is 1. The number of hydrogen-bond donors (Lipinski definition) is 1. The lowest BCUT2D eigenvalue weighted by molar-refractivity contribution is -0.138. The number of aliphatic hydroxyl groups is 1. The molecular formula is C11H16N2O3. The van der Waals surface area contributed by atoms with Gasteiger partial charge < -0.3 is 14.7 Å². The first-order valence-corrected chi connectivity index (χ1v) is 5.02. The van der Waals surface area contributed by atoms with Crippen LogP contribution in [0.3, 0.4) is 0 Å². The Hall–Kier alpha value is -1.78. The van der Waals surface area contributed by atoms with E-state index in [-0.39, 0.29) is 17.9 Å². The summed E-state index contributed by atoms with van der Waals surface area (Å²) in [6.07, 6.45) is 1.64. The van der Waals surface area contributed by atoms with E-state index in [1.165, 1.54) is 0 Å². The maximum absolute atomic E-state index is 11.5. The maximum Gasteiger partial charge on any atom is 0.343 e. The molecule has 0 saturated carbocycles. The lowest BCUT2D eigenvalue weighted by Crippen LogP contribution is -2.13. The van der Waals surface area contributed by atoms with Crippen molar-refractivity contribution < 1.29 is 14.6 Å². The van der Waals surface area contributed by atoms with Gasteiger partial charge in [0.25, 0.3) is 0 Å². The molecule has 0 unspecified atom stereocenters. The van der Waals surface area contributed by atoms with Crippen LogP contribution in [0, 0.1) is 0 Å². The minimum atomic E-state index is -0.539. The minimum absolute atomic E-state index is 0.121. The zero-order valence-corrected chi connectivity index (χ0v) is 9.94. The molecule has 1 aliphatic heterocycles. The maximum atomic E-state index is 11.5. The van der Waals surface area contributed by atoms with Gasteiger partial charge in [-0.25, -0.2) is 9.79 Å². The molecule has 16 heavy (non-hydrogen) atoms. The van der Waals surface area contributed by atoms with Crippen LogP contribution in [-0.2, 0) is 9.53 Å². The van der Waals surface area contributed by atoms with Gasteiger partial charge in [-0.2, -0.15) is 0 Å². The molecule has 0 radical (unpaired) electrons. The number of hydrogen-bond acceptors (Lipinski definition) is 5. The third-order valence-electron chi connectivity index (χ3n) is 1.99. The molecule has 0 aromatic heterocycles. The molecule has 5 nitrogen and oxygen atoms in total. The molecule has 0 fully saturated rings. The van der Waals surface area contributed by atoms with E-state index >= 15 is 0 Å². The van der Waals surface area contributed by atoms with E-state index in [1.807, 2.05) is 14.1 Å². The molecule has 0 atom stereocenters. The van der Waals surface area contributed by atoms with E-state index in [1.54, 1.807) is 24.9 Å². The van der Waals surface area contributed by atoms with Crippen molar-refractivity contribution in [2.24, 2.45) is 4.99 Å². The second-order valence-electron chi connectivity index (χ2n) is 3.62. The number of carbonyl (C=O) groups is 1. The number of nitrogens with zero attached hydrogens (tertiary/aromatic N) is 2. The number of esters is 1. The third kappa shape index (κ3) is 2.42. The van der Waals surface area contributed by atoms with E-state index in [0.29, 0.717) is 11.4 Å². The molecule has 1 rings (SSSR count). The Morgan fingerprint density at radius 1 is 1.56 bits per heavy atom. The Labute approximate surface area is 94.7 Å². The van der Waals surface area contributed by atoms with Crippen molar-refractivity contribution in [3.05, 3.63) is 23.2 Å². The monoisotopic (exact) mass is 224 g/mol. The molecule has 88 valence electrons. The van der Waals surface area contributed by atoms with Gasteiger partial charge in [0.1, 0.15) is 11.3 Å². The number of rotatable bonds is 3. The Bertz CT molecular complexity index is 392. The summed E-state index contributed by atoms with van der Waals surface area (Å²) in [5.74, 6) is -0.659. The van der Waals surface area contributed by atoms with Crippen molar-refractivity contribution in [2.45, 2.75) is 13.8 Å². The Morgan fingerprint density at radius 3 is 2.69 bits per heavy atom. The zero-order chi connectivity index (χ0) is 12.3. The highest BCUT2D eigenvalue weighted by molar-refractivity contribution is 6.21. The second-order valence-corrected chi connectivity index (χ2v) is 3.62. The molecule has 5 heteroatoms. The van der Waals surface area contributed by atoms with E-state index in [2.05, 4.69) is 4.99 Å². The van der Waals surface area contributed by atoms with Crippen LogP contribution < -0.4 is 0 Å². The van der Waals surface area contributed by atoms with Gasteiger partial charge in [-0.05, 0) is 13.8 Å². The largest absolute Gasteiger partial charge is 0.505 e. The highest BCUT2D eigenvalue weighted by Crippen LogP contribution is 2.24. The standard InChI is InChI=1S/C11H16N2O3/c1-5-16-11(15)9-7(2)12-8(10(9)14)6-13(3)4/h6,14H,5H2,1-4H3/b8-6-. The molecule has 1 heterocycles. The summed E-state index contributed by atoms with van der Waals surface area (Å²) in [7, 11) is 3.63. The molecule has 0 saturated heterocycles. The molecular weight excluding hydrogens is 208 g/mol. The number of aliphatic imine (C=N–C) groups is 1. The molecule has 0 aromatic carbocycles. The fourth-order valence-electron chi connectivity index (χ4n) is 1.37. The SMILES string of the molecule is CCOC(=O)C1=C(O)/C(=C/N(C)C)N=C1C. The first kappa shape index (κ1) is 12.3. The molecule has 0 aliphatic carbocycles. The molecule has 1 aliphatic rings. The van der Waals surface area contributed by atoms with Gasteiger partial charge in [-0.15, -0.1) is 0 Å². The summed E-state index contributed by atoms with van der Waals surface area (Å²) in [5.41, 5.74) is 1.00. The minimum Gasteiger partial charge on any atom is -0.505 e. The predicted octanol–water partition coefficient (Wildman–Crippen LogP) is 1.24. The summed E-state index contributed by atoms with van der Waals surface area (Å²) in [4.78, 5) is 17.4. The van der Waals surface area contributed by atoms with Crippen LogP contribution in [-0.4, -0.2) is 42.4 Å². The highest BCUT2D eigenvalue weighted by atomic mass is 16.5. The predicted molar refractivity (Wildman–Crippen MR) is 61.2 cm³/mol. The van der Waals surface area contributed by atoms with Gasteiger partial charge >= 0.3 is 5.97 Å². The van der Waals surface area contributed by atoms with E-state index in [9.17, 15) is 9.90 Å². The normalized spacial score (nSPS) is 17.8. The van der Waals surface area contributed by atoms with Crippen LogP contribution in [0.1, 0.15) is 13.8 Å². The summed E-state index contributed by atoms with van der Waals surface area (Å²) < 4.78 is 4.84. The van der Waals surface area contributed by atoms with Crippen molar-refractivity contribution >= 4 is 11.7 Å². The Morgan fingerprint density at radius 2 is 2.19 bits per heavy atom. The van der Waals surface area contributed by atoms with Crippen molar-refractivity contribution in [1.82, 2.24) is 4.90 Å². The van der Waals surface area contributed by atoms with E-state index in [0.717, 1.165) is 0 Å². The second kappa shape index (κ2) is 4.83. The first-order chi connectivity index (χ1) is 7.47. The van der Waals surface area contributed by atoms with Gasteiger partial charge in [0.2, 0.25) is 0 Å². The summed E-state index contributed by atoms with van der Waals surface area (Å²) in [5, 5.41) is 9.83. The van der Waals surface area contributed by atoms with E-state index in [4.69, 9.17) is 4.74 Å². The lowest BCUT2D eigenvalue weighted by atomic mass is 10.1. The first-order valence-electron chi connectivity index (χ1n) is 5.02. The Kier molecular flexibility index (Phi) is 3.71. The van der Waals surface area contributed by atoms with Gasteiger partial charge in [-0.1, -0.05) is 0 Å². The van der Waals surface area contributed by atoms with Crippen molar-refractivity contribution in [3.63, 3.8) is 0 Å². The van der Waals surface area contributed by atoms with E-state index < -0.39 is 5.97 Å². The molecule has 0 spiro atoms. The zero-order valence-electron chi connectivity index (χ0n) is 9.94. The summed E-state index contributed by atoms with van der Waals surface area (Å²) in [6, 6.07) is 0. The summed E-state index contributed by atoms with van der Waals surface area (Å²) >= 11 is 0. The van der Waals surface area contributed by atoms with Crippen LogP contribution in [0.5, 0.6) is 0 Å². The van der Waals surface area contributed by atoms with Gasteiger partial charge in [0.15, 0.2) is 5.76 Å². The topological polar surface area (TPSA) is 62.1 Å². The quantitative estimate of drug-likeness (QED) is 0.732. The molecule has 0 aromatic rings. The van der Waals surface area contributed by atoms with Gasteiger partial charge in [0, 0.05) is 20.3 Å². The van der Waals surface area contributed by atoms with Crippen LogP contribution in [0.25, 0.3) is 0 Å². The average molecular weight is 224 g/mol. The molecule has 0 amide bonds. The smallest absolute Gasteiger partial charge is 0.343 e. The van der Waals surface area contributed by atoms with Crippen molar-refractivity contribution in [3.8, 4) is 0 Å². The third-order valence-corrected chi connectivity index (χ3v) is 1.99. The van der Waals surface area contributed by atoms with Crippen LogP contribution in [0.2, 0.25) is 0 Å². The van der Waals surface area contributed by atoms with Gasteiger partial charge in [0.05, 0.1) is 12.3 Å². The summed E-state index contributed by atoms with van der Waals surface area (Å²) in [6.45, 7) is 3.65. The lowest BCUT2D eigenvalue weighted by Gasteiger charge is -2.05. The number of aliphatic hydroxyl groups excluding tert-OH is 1. The molecule has 0 bridgehead atoms. The average Bonchev–Trinajstić information content (AvgIpc) is 2.41. The fourth-order valence-corrected chi connectivity index (χ4v) is 1.37.